The number of hydrogen-bond donors (Lipinski definition) is 1. The lowest BCUT2D eigenvalue weighted by Gasteiger charge is -2.14. The molecule has 5 nitrogen and oxygen atoms in total. The van der Waals surface area contributed by atoms with E-state index in [-0.39, 0.29) is 12.5 Å². The number of halogens is 1. The van der Waals surface area contributed by atoms with Crippen LogP contribution in [0.3, 0.4) is 0 Å². The summed E-state index contributed by atoms with van der Waals surface area (Å²) in [6, 6.07) is 21.3. The minimum Gasteiger partial charge on any atom is -0.479 e. The summed E-state index contributed by atoms with van der Waals surface area (Å²) in [6.45, 7) is 3.65. The Kier molecular flexibility index (Phi) is 7.09. The Morgan fingerprint density at radius 2 is 1.67 bits per heavy atom. The molecular weight excluding hydrogens is 402 g/mol. The van der Waals surface area contributed by atoms with Gasteiger partial charge in [0.15, 0.2) is 6.10 Å². The van der Waals surface area contributed by atoms with Gasteiger partial charge in [0.25, 0.3) is 5.91 Å². The molecule has 0 heterocycles. The van der Waals surface area contributed by atoms with Crippen molar-refractivity contribution in [3.05, 3.63) is 94.5 Å². The molecule has 0 aliphatic heterocycles. The molecule has 0 bridgehead atoms. The molecule has 0 aromatic heterocycles. The number of benzene rings is 3. The lowest BCUT2D eigenvalue weighted by atomic mass is 10.1. The van der Waals surface area contributed by atoms with Gasteiger partial charge in [0.05, 0.1) is 0 Å². The van der Waals surface area contributed by atoms with E-state index in [2.05, 4.69) is 5.32 Å². The predicted molar refractivity (Wildman–Crippen MR) is 117 cm³/mol. The zero-order valence-corrected chi connectivity index (χ0v) is 17.5. The van der Waals surface area contributed by atoms with E-state index < -0.39 is 12.1 Å². The third-order valence-electron chi connectivity index (χ3n) is 4.50. The summed E-state index contributed by atoms with van der Waals surface area (Å²) in [5.41, 5.74) is 2.82. The summed E-state index contributed by atoms with van der Waals surface area (Å²) < 4.78 is 10.9. The van der Waals surface area contributed by atoms with Crippen molar-refractivity contribution in [2.24, 2.45) is 0 Å². The Bertz CT molecular complexity index is 1020. The van der Waals surface area contributed by atoms with Crippen LogP contribution in [-0.2, 0) is 16.1 Å². The minimum absolute atomic E-state index is 0.190. The van der Waals surface area contributed by atoms with Gasteiger partial charge in [0.2, 0.25) is 0 Å². The molecule has 0 fully saturated rings. The van der Waals surface area contributed by atoms with Crippen LogP contribution in [0.25, 0.3) is 0 Å². The van der Waals surface area contributed by atoms with E-state index in [4.69, 9.17) is 21.1 Å². The number of hydrogen-bond acceptors (Lipinski definition) is 4. The molecule has 0 aliphatic rings. The van der Waals surface area contributed by atoms with Gasteiger partial charge in [-0.05, 0) is 61.4 Å². The molecule has 30 heavy (non-hydrogen) atoms. The standard InChI is InChI=1S/C24H22ClNO4/c1-16-21(25)9-6-10-22(16)26-23(27)19-11-13-20(14-12-19)30-17(2)24(28)29-15-18-7-4-3-5-8-18/h3-14,17H,15H2,1-2H3,(H,26,27)/t17-/m1/s1. The van der Waals surface area contributed by atoms with Gasteiger partial charge >= 0.3 is 5.97 Å². The maximum atomic E-state index is 12.5. The average molecular weight is 424 g/mol. The van der Waals surface area contributed by atoms with E-state index in [9.17, 15) is 9.59 Å². The van der Waals surface area contributed by atoms with Gasteiger partial charge in [-0.3, -0.25) is 4.79 Å². The minimum atomic E-state index is -0.775. The van der Waals surface area contributed by atoms with Gasteiger partial charge in [0, 0.05) is 16.3 Å². The average Bonchev–Trinajstić information content (AvgIpc) is 2.76. The van der Waals surface area contributed by atoms with E-state index >= 15 is 0 Å². The first-order valence-electron chi connectivity index (χ1n) is 9.48. The van der Waals surface area contributed by atoms with Crippen molar-refractivity contribution in [2.45, 2.75) is 26.6 Å². The number of esters is 1. The second kappa shape index (κ2) is 9.94. The van der Waals surface area contributed by atoms with Gasteiger partial charge in [-0.1, -0.05) is 48.0 Å². The molecule has 3 rings (SSSR count). The molecule has 0 spiro atoms. The van der Waals surface area contributed by atoms with Gasteiger partial charge < -0.3 is 14.8 Å². The molecule has 0 aliphatic carbocycles. The van der Waals surface area contributed by atoms with Crippen molar-refractivity contribution < 1.29 is 19.1 Å². The SMILES string of the molecule is Cc1c(Cl)cccc1NC(=O)c1ccc(O[C@H](C)C(=O)OCc2ccccc2)cc1. The molecule has 6 heteroatoms. The second-order valence-electron chi connectivity index (χ2n) is 6.74. The highest BCUT2D eigenvalue weighted by molar-refractivity contribution is 6.31. The summed E-state index contributed by atoms with van der Waals surface area (Å²) in [5.74, 6) is -0.256. The quantitative estimate of drug-likeness (QED) is 0.516. The van der Waals surface area contributed by atoms with Crippen molar-refractivity contribution >= 4 is 29.2 Å². The van der Waals surface area contributed by atoms with Crippen LogP contribution in [0.15, 0.2) is 72.8 Å². The summed E-state index contributed by atoms with van der Waals surface area (Å²) in [6.07, 6.45) is -0.775. The largest absolute Gasteiger partial charge is 0.479 e. The Labute approximate surface area is 180 Å². The first-order chi connectivity index (χ1) is 14.4. The fourth-order valence-corrected chi connectivity index (χ4v) is 2.90. The molecule has 1 amide bonds. The Hall–Kier alpha value is -3.31. The second-order valence-corrected chi connectivity index (χ2v) is 7.15. The smallest absolute Gasteiger partial charge is 0.347 e. The number of rotatable bonds is 7. The first-order valence-corrected chi connectivity index (χ1v) is 9.85. The van der Waals surface area contributed by atoms with Crippen molar-refractivity contribution in [1.29, 1.82) is 0 Å². The van der Waals surface area contributed by atoms with Crippen LogP contribution in [0.2, 0.25) is 5.02 Å². The number of anilines is 1. The molecule has 3 aromatic carbocycles. The summed E-state index contributed by atoms with van der Waals surface area (Å²) in [5, 5.41) is 3.43. The van der Waals surface area contributed by atoms with Crippen LogP contribution < -0.4 is 10.1 Å². The molecule has 0 saturated heterocycles. The van der Waals surface area contributed by atoms with Crippen molar-refractivity contribution in [3.63, 3.8) is 0 Å². The summed E-state index contributed by atoms with van der Waals surface area (Å²) in [7, 11) is 0. The van der Waals surface area contributed by atoms with E-state index in [1.165, 1.54) is 0 Å². The zero-order valence-electron chi connectivity index (χ0n) is 16.7. The van der Waals surface area contributed by atoms with E-state index in [0.717, 1.165) is 11.1 Å². The molecule has 1 atom stereocenters. The third-order valence-corrected chi connectivity index (χ3v) is 4.91. The van der Waals surface area contributed by atoms with Crippen LogP contribution in [-0.4, -0.2) is 18.0 Å². The molecule has 0 radical (unpaired) electrons. The lowest BCUT2D eigenvalue weighted by molar-refractivity contribution is -0.152. The monoisotopic (exact) mass is 423 g/mol. The van der Waals surface area contributed by atoms with Crippen molar-refractivity contribution in [2.75, 3.05) is 5.32 Å². The van der Waals surface area contributed by atoms with E-state index in [0.29, 0.717) is 22.0 Å². The molecule has 1 N–H and O–H groups in total. The van der Waals surface area contributed by atoms with Crippen LogP contribution in [0.1, 0.15) is 28.4 Å². The highest BCUT2D eigenvalue weighted by Gasteiger charge is 2.17. The topological polar surface area (TPSA) is 64.6 Å². The molecular formula is C24H22ClNO4. The molecule has 0 unspecified atom stereocenters. The Morgan fingerprint density at radius 1 is 0.967 bits per heavy atom. The fourth-order valence-electron chi connectivity index (χ4n) is 2.72. The van der Waals surface area contributed by atoms with Crippen LogP contribution in [0.5, 0.6) is 5.75 Å². The summed E-state index contributed by atoms with van der Waals surface area (Å²) in [4.78, 5) is 24.6. The van der Waals surface area contributed by atoms with Crippen LogP contribution in [0.4, 0.5) is 5.69 Å². The Morgan fingerprint density at radius 3 is 2.37 bits per heavy atom. The molecule has 3 aromatic rings. The highest BCUT2D eigenvalue weighted by Crippen LogP contribution is 2.24. The number of nitrogens with one attached hydrogen (secondary N) is 1. The van der Waals surface area contributed by atoms with Gasteiger partial charge in [-0.2, -0.15) is 0 Å². The maximum absolute atomic E-state index is 12.5. The van der Waals surface area contributed by atoms with Gasteiger partial charge in [0.1, 0.15) is 12.4 Å². The predicted octanol–water partition coefficient (Wildman–Crippen LogP) is 5.41. The normalized spacial score (nSPS) is 11.4. The van der Waals surface area contributed by atoms with Gasteiger partial charge in [-0.25, -0.2) is 4.79 Å². The number of carbonyl (C=O) groups excluding carboxylic acids is 2. The van der Waals surface area contributed by atoms with Crippen molar-refractivity contribution in [1.82, 2.24) is 0 Å². The van der Waals surface area contributed by atoms with Crippen LogP contribution in [0, 0.1) is 6.92 Å². The third kappa shape index (κ3) is 5.61. The van der Waals surface area contributed by atoms with Crippen molar-refractivity contribution in [3.8, 4) is 5.75 Å². The number of ether oxygens (including phenoxy) is 2. The highest BCUT2D eigenvalue weighted by atomic mass is 35.5. The molecule has 154 valence electrons. The zero-order chi connectivity index (χ0) is 21.5. The fraction of sp³-hybridized carbons (Fsp3) is 0.167. The molecule has 0 saturated carbocycles. The number of amides is 1. The van der Waals surface area contributed by atoms with Crippen LogP contribution >= 0.6 is 11.6 Å². The lowest BCUT2D eigenvalue weighted by Crippen LogP contribution is -2.26. The van der Waals surface area contributed by atoms with E-state index in [1.54, 1.807) is 49.4 Å². The maximum Gasteiger partial charge on any atom is 0.347 e. The summed E-state index contributed by atoms with van der Waals surface area (Å²) >= 11 is 6.09. The first kappa shape index (κ1) is 21.4. The Balaban J connectivity index is 1.55. The van der Waals surface area contributed by atoms with E-state index in [1.807, 2.05) is 37.3 Å². The number of carbonyl (C=O) groups is 2. The van der Waals surface area contributed by atoms with Gasteiger partial charge in [-0.15, -0.1) is 0 Å².